The van der Waals surface area contributed by atoms with Gasteiger partial charge in [0.2, 0.25) is 0 Å². The zero-order valence-corrected chi connectivity index (χ0v) is 40.8. The molecular weight excluding hydrogens is 867 g/mol. The van der Waals surface area contributed by atoms with Crippen molar-refractivity contribution < 1.29 is 45.0 Å². The number of esters is 1. The van der Waals surface area contributed by atoms with Gasteiger partial charge in [-0.3, -0.25) is 0 Å². The highest BCUT2D eigenvalue weighted by Crippen LogP contribution is 2.81. The molecule has 0 amide bonds. The Bertz CT molecular complexity index is 2400. The number of rotatable bonds is 4. The molecule has 1 aromatic carbocycles. The molecule has 19 unspecified atom stereocenters. The lowest BCUT2D eigenvalue weighted by Gasteiger charge is -2.75. The van der Waals surface area contributed by atoms with E-state index < -0.39 is 75.1 Å². The minimum Gasteiger partial charge on any atom is -0.454 e. The number of hydrogen-bond acceptors (Lipinski definition) is 10. The third-order valence-electron chi connectivity index (χ3n) is 24.3. The summed E-state index contributed by atoms with van der Waals surface area (Å²) in [5.41, 5.74) is -5.93. The molecule has 1 aromatic rings. The van der Waals surface area contributed by atoms with E-state index in [0.717, 1.165) is 92.8 Å². The van der Waals surface area contributed by atoms with Gasteiger partial charge >= 0.3 is 5.97 Å². The molecule has 0 saturated heterocycles. The fraction of sp³-hybridized carbons (Fsp3) is 0.763. The molecule has 0 radical (unpaired) electrons. The average Bonchev–Trinajstić information content (AvgIpc) is 4.20. The van der Waals surface area contributed by atoms with Crippen LogP contribution in [0.15, 0.2) is 42.0 Å². The molecule has 9 fully saturated rings. The summed E-state index contributed by atoms with van der Waals surface area (Å²) in [5, 5.41) is 85.5. The minimum absolute atomic E-state index is 0.0519. The smallest absolute Gasteiger partial charge is 0.331 e. The van der Waals surface area contributed by atoms with Gasteiger partial charge in [-0.2, -0.15) is 0 Å². The number of nitrogens with one attached hydrogen (secondary N) is 1. The van der Waals surface area contributed by atoms with Gasteiger partial charge in [0.05, 0.1) is 29.8 Å². The number of likely N-dealkylation sites (N-methyl/N-ethyl adjacent to an activating group) is 1. The van der Waals surface area contributed by atoms with E-state index in [1.54, 1.807) is 6.08 Å². The number of aliphatic hydroxyl groups excluding tert-OH is 3. The Hall–Kier alpha value is -2.88. The van der Waals surface area contributed by atoms with Crippen molar-refractivity contribution in [2.45, 2.75) is 189 Å². The molecule has 3 spiro atoms. The van der Waals surface area contributed by atoms with Crippen LogP contribution in [0.1, 0.15) is 152 Å². The molecular formula is C59H77NO9. The number of benzene rings is 1. The van der Waals surface area contributed by atoms with Crippen molar-refractivity contribution in [3.63, 3.8) is 0 Å². The molecule has 372 valence electrons. The van der Waals surface area contributed by atoms with Crippen LogP contribution in [0.4, 0.5) is 0 Å². The molecule has 10 heteroatoms. The first-order chi connectivity index (χ1) is 33.3. The summed E-state index contributed by atoms with van der Waals surface area (Å²) in [6, 6.07) is 5.68. The molecule has 69 heavy (non-hydrogen) atoms. The van der Waals surface area contributed by atoms with Gasteiger partial charge in [-0.25, -0.2) is 4.79 Å². The second-order valence-electron chi connectivity index (χ2n) is 25.7. The second-order valence-corrected chi connectivity index (χ2v) is 25.7. The number of aldehydes is 1. The Morgan fingerprint density at radius 1 is 0.841 bits per heavy atom. The van der Waals surface area contributed by atoms with Gasteiger partial charge in [0.25, 0.3) is 0 Å². The summed E-state index contributed by atoms with van der Waals surface area (Å²) in [5.74, 6) is 4.16. The fourth-order valence-corrected chi connectivity index (χ4v) is 21.9. The first kappa shape index (κ1) is 45.9. The Kier molecular flexibility index (Phi) is 10.5. The molecule has 19 atom stereocenters. The van der Waals surface area contributed by atoms with E-state index in [9.17, 15) is 35.4 Å². The largest absolute Gasteiger partial charge is 0.454 e. The molecule has 1 heterocycles. The van der Waals surface area contributed by atoms with Gasteiger partial charge in [0.1, 0.15) is 23.6 Å². The highest BCUT2D eigenvalue weighted by atomic mass is 16.5. The zero-order valence-electron chi connectivity index (χ0n) is 40.8. The van der Waals surface area contributed by atoms with E-state index in [4.69, 9.17) is 4.74 Å². The van der Waals surface area contributed by atoms with Crippen LogP contribution in [-0.2, 0) is 27.4 Å². The Balaban J connectivity index is 1.01. The topological polar surface area (TPSA) is 177 Å². The van der Waals surface area contributed by atoms with E-state index in [2.05, 4.69) is 29.3 Å². The van der Waals surface area contributed by atoms with Crippen molar-refractivity contribution >= 4 is 12.3 Å². The lowest BCUT2D eigenvalue weighted by Crippen LogP contribution is -2.86. The Labute approximate surface area is 408 Å². The number of ether oxygens (including phenoxy) is 1. The van der Waals surface area contributed by atoms with Crippen LogP contribution < -0.4 is 5.32 Å². The second kappa shape index (κ2) is 15.8. The van der Waals surface area contributed by atoms with Gasteiger partial charge < -0.3 is 45.5 Å². The molecule has 12 aliphatic carbocycles. The first-order valence-electron chi connectivity index (χ1n) is 27.8. The van der Waals surface area contributed by atoms with E-state index >= 15 is 4.79 Å². The number of carbonyl (C=O) groups excluding carboxylic acids is 2. The van der Waals surface area contributed by atoms with Gasteiger partial charge in [-0.15, -0.1) is 0 Å². The standard InChI is InChI=1S/C59H77NO9/c1-60-46-28-40-35(14-8-16-37(40)31-61)13-4-5-22-54-24-18-47-56(33-62)32-55(23-10-21-53(55)19-6-7-20-53)51(64)44-26-36-15-9-17-39(34-11-2-3-12-34)41(36)27-45(58(44,56)67)52(65)59(47,68)57(54,66)30-38-25-42(46)50-43(49(38)54)29-48(63)69-50/h8-9,14-16,29,33-34,36,38-39,41-42,44-47,49-52,60-61,64-68H,2-3,5-7,10-12,17-28,30-32H2,1H3. The normalized spacial score (nSPS) is 51.0. The Morgan fingerprint density at radius 3 is 2.39 bits per heavy atom. The van der Waals surface area contributed by atoms with E-state index in [-0.39, 0.29) is 60.5 Å². The zero-order chi connectivity index (χ0) is 47.5. The maximum atomic E-state index is 15.2. The summed E-state index contributed by atoms with van der Waals surface area (Å²) in [4.78, 5) is 29.0. The van der Waals surface area contributed by atoms with Crippen molar-refractivity contribution in [2.24, 2.45) is 80.8 Å². The van der Waals surface area contributed by atoms with Gasteiger partial charge in [-0.1, -0.05) is 81.1 Å². The van der Waals surface area contributed by atoms with E-state index in [1.165, 1.54) is 12.8 Å². The molecule has 1 aliphatic heterocycles. The molecule has 13 aliphatic rings. The minimum atomic E-state index is -2.21. The molecule has 7 N–H and O–H groups in total. The SMILES string of the molecule is CNC1Cc2c(cccc2CO)C#CCCC23CCC4C5(C=O)CC6(CCCC67CCCC7)C(O)C6CC7C=CCC(C8CCCC8)C7CC(C(O)C4(O)C2(O)CC2CC1C1OC(=O)C=C1C23)C65O. The van der Waals surface area contributed by atoms with Gasteiger partial charge in [-0.05, 0) is 161 Å². The predicted octanol–water partition coefficient (Wildman–Crippen LogP) is 6.63. The van der Waals surface area contributed by atoms with Crippen LogP contribution in [0.3, 0.4) is 0 Å². The number of fused-ring (bicyclic) bond motifs is 8. The quantitative estimate of drug-likeness (QED) is 0.0751. The third-order valence-corrected chi connectivity index (χ3v) is 24.3. The molecule has 9 saturated carbocycles. The maximum absolute atomic E-state index is 15.2. The predicted molar refractivity (Wildman–Crippen MR) is 257 cm³/mol. The van der Waals surface area contributed by atoms with Crippen molar-refractivity contribution in [3.05, 3.63) is 58.7 Å². The molecule has 4 bridgehead atoms. The summed E-state index contributed by atoms with van der Waals surface area (Å²) in [7, 11) is 1.93. The summed E-state index contributed by atoms with van der Waals surface area (Å²) in [6.45, 7) is -0.127. The van der Waals surface area contributed by atoms with E-state index in [1.807, 2.05) is 25.2 Å². The van der Waals surface area contributed by atoms with Crippen molar-refractivity contribution in [1.29, 1.82) is 0 Å². The molecule has 14 rings (SSSR count). The van der Waals surface area contributed by atoms with Gasteiger partial charge in [0, 0.05) is 58.6 Å². The number of carbonyl (C=O) groups is 2. The number of hydrogen-bond donors (Lipinski definition) is 7. The van der Waals surface area contributed by atoms with Crippen LogP contribution in [0.2, 0.25) is 0 Å². The maximum Gasteiger partial charge on any atom is 0.331 e. The summed E-state index contributed by atoms with van der Waals surface area (Å²) in [6.07, 6.45) is 20.8. The van der Waals surface area contributed by atoms with Crippen LogP contribution in [0.25, 0.3) is 0 Å². The fourth-order valence-electron chi connectivity index (χ4n) is 21.9. The monoisotopic (exact) mass is 944 g/mol. The van der Waals surface area contributed by atoms with Crippen LogP contribution in [0.5, 0.6) is 0 Å². The summed E-state index contributed by atoms with van der Waals surface area (Å²) < 4.78 is 6.34. The lowest BCUT2D eigenvalue weighted by atomic mass is 9.31. The van der Waals surface area contributed by atoms with Crippen molar-refractivity contribution in [1.82, 2.24) is 5.32 Å². The van der Waals surface area contributed by atoms with Crippen LogP contribution in [-0.4, -0.2) is 91.1 Å². The highest BCUT2D eigenvalue weighted by Gasteiger charge is 2.87. The third kappa shape index (κ3) is 5.61. The number of aliphatic hydroxyl groups is 6. The van der Waals surface area contributed by atoms with Crippen LogP contribution >= 0.6 is 0 Å². The van der Waals surface area contributed by atoms with E-state index in [0.29, 0.717) is 63.2 Å². The van der Waals surface area contributed by atoms with Gasteiger partial charge in [0.15, 0.2) is 0 Å². The Morgan fingerprint density at radius 2 is 1.62 bits per heavy atom. The molecule has 0 aromatic heterocycles. The highest BCUT2D eigenvalue weighted by molar-refractivity contribution is 5.86. The lowest BCUT2D eigenvalue weighted by molar-refractivity contribution is -0.387. The summed E-state index contributed by atoms with van der Waals surface area (Å²) >= 11 is 0. The van der Waals surface area contributed by atoms with Crippen molar-refractivity contribution in [2.75, 3.05) is 7.05 Å². The first-order valence-corrected chi connectivity index (χ1v) is 27.8. The number of allylic oxidation sites excluding steroid dienone is 2. The van der Waals surface area contributed by atoms with Crippen LogP contribution in [0, 0.1) is 92.7 Å². The van der Waals surface area contributed by atoms with Crippen molar-refractivity contribution in [3.8, 4) is 11.8 Å². The molecule has 10 nitrogen and oxygen atoms in total. The average molecular weight is 944 g/mol.